The van der Waals surface area contributed by atoms with Crippen LogP contribution in [0.3, 0.4) is 0 Å². The van der Waals surface area contributed by atoms with Gasteiger partial charge in [-0.1, -0.05) is 136 Å². The van der Waals surface area contributed by atoms with Gasteiger partial charge in [-0.15, -0.1) is 0 Å². The molecule has 198 valence electrons. The minimum atomic E-state index is -0.438. The van der Waals surface area contributed by atoms with Gasteiger partial charge >= 0.3 is 0 Å². The molecular formula is C30H61NO2. The van der Waals surface area contributed by atoms with Crippen LogP contribution in [0.5, 0.6) is 0 Å². The van der Waals surface area contributed by atoms with Crippen molar-refractivity contribution in [3.05, 3.63) is 12.3 Å². The summed E-state index contributed by atoms with van der Waals surface area (Å²) in [5, 5.41) is 9.89. The van der Waals surface area contributed by atoms with Crippen molar-refractivity contribution in [1.29, 1.82) is 0 Å². The fourth-order valence-electron chi connectivity index (χ4n) is 4.73. The van der Waals surface area contributed by atoms with E-state index in [-0.39, 0.29) is 0 Å². The van der Waals surface area contributed by atoms with E-state index in [4.69, 9.17) is 4.74 Å². The van der Waals surface area contributed by atoms with E-state index >= 15 is 0 Å². The predicted octanol–water partition coefficient (Wildman–Crippen LogP) is 8.90. The molecule has 0 aromatic carbocycles. The van der Waals surface area contributed by atoms with Gasteiger partial charge in [0.2, 0.25) is 0 Å². The lowest BCUT2D eigenvalue weighted by Gasteiger charge is -2.18. The van der Waals surface area contributed by atoms with Crippen molar-refractivity contribution >= 4 is 0 Å². The third-order valence-corrected chi connectivity index (χ3v) is 6.81. The molecule has 0 bridgehead atoms. The van der Waals surface area contributed by atoms with E-state index in [9.17, 15) is 5.11 Å². The van der Waals surface area contributed by atoms with Crippen molar-refractivity contribution in [3.63, 3.8) is 0 Å². The molecule has 0 heterocycles. The maximum Gasteiger partial charge on any atom is 0.115 e. The second-order valence-corrected chi connectivity index (χ2v) is 10.7. The smallest absolute Gasteiger partial charge is 0.115 e. The van der Waals surface area contributed by atoms with E-state index in [0.29, 0.717) is 13.2 Å². The van der Waals surface area contributed by atoms with Gasteiger partial charge in [-0.3, -0.25) is 0 Å². The first-order chi connectivity index (χ1) is 16.0. The first-order valence-electron chi connectivity index (χ1n) is 14.6. The standard InChI is InChI=1S/C30H61NO2/c1-6-8-10-12-14-19-23-29(24-20-15-13-11-9-7-2)25-21-17-16-18-22-28(3)33-27-30(32)26-31(4)5/h29-30,32H,3,6-27H2,1-2,4-5H3. The molecule has 0 aromatic rings. The Balaban J connectivity index is 3.93. The highest BCUT2D eigenvalue weighted by atomic mass is 16.5. The van der Waals surface area contributed by atoms with Gasteiger partial charge in [0.15, 0.2) is 0 Å². The Morgan fingerprint density at radius 1 is 0.697 bits per heavy atom. The number of likely N-dealkylation sites (N-methyl/N-ethyl adjacent to an activating group) is 1. The Kier molecular flexibility index (Phi) is 24.2. The van der Waals surface area contributed by atoms with Gasteiger partial charge in [-0.05, 0) is 26.4 Å². The fourth-order valence-corrected chi connectivity index (χ4v) is 4.73. The van der Waals surface area contributed by atoms with Gasteiger partial charge in [-0.2, -0.15) is 0 Å². The number of aliphatic hydroxyl groups excluding tert-OH is 1. The van der Waals surface area contributed by atoms with Gasteiger partial charge in [0.1, 0.15) is 12.7 Å². The third-order valence-electron chi connectivity index (χ3n) is 6.81. The molecule has 3 nitrogen and oxygen atoms in total. The molecule has 0 aliphatic heterocycles. The zero-order valence-electron chi connectivity index (χ0n) is 23.2. The topological polar surface area (TPSA) is 32.7 Å². The number of unbranched alkanes of at least 4 members (excludes halogenated alkanes) is 13. The number of hydrogen-bond acceptors (Lipinski definition) is 3. The molecule has 1 atom stereocenters. The molecule has 0 fully saturated rings. The Labute approximate surface area is 208 Å². The monoisotopic (exact) mass is 467 g/mol. The zero-order chi connectivity index (χ0) is 24.6. The SMILES string of the molecule is C=C(CCCCCCC(CCCCCCCC)CCCCCCCC)OCC(O)CN(C)C. The summed E-state index contributed by atoms with van der Waals surface area (Å²) in [7, 11) is 3.92. The highest BCUT2D eigenvalue weighted by Crippen LogP contribution is 2.25. The van der Waals surface area contributed by atoms with Crippen LogP contribution in [0.2, 0.25) is 0 Å². The van der Waals surface area contributed by atoms with Gasteiger partial charge in [0.05, 0.1) is 5.76 Å². The molecular weight excluding hydrogens is 406 g/mol. The van der Waals surface area contributed by atoms with Gasteiger partial charge in [0, 0.05) is 13.0 Å². The van der Waals surface area contributed by atoms with Crippen molar-refractivity contribution < 1.29 is 9.84 Å². The van der Waals surface area contributed by atoms with Gasteiger partial charge < -0.3 is 14.7 Å². The van der Waals surface area contributed by atoms with Crippen molar-refractivity contribution in [2.45, 2.75) is 148 Å². The molecule has 0 saturated heterocycles. The van der Waals surface area contributed by atoms with E-state index < -0.39 is 6.10 Å². The largest absolute Gasteiger partial charge is 0.496 e. The lowest BCUT2D eigenvalue weighted by molar-refractivity contribution is 0.0513. The quantitative estimate of drug-likeness (QED) is 0.102. The summed E-state index contributed by atoms with van der Waals surface area (Å²) >= 11 is 0. The number of ether oxygens (including phenoxy) is 1. The molecule has 0 saturated carbocycles. The second-order valence-electron chi connectivity index (χ2n) is 10.7. The van der Waals surface area contributed by atoms with E-state index in [1.54, 1.807) is 0 Å². The van der Waals surface area contributed by atoms with Crippen LogP contribution in [0.25, 0.3) is 0 Å². The molecule has 0 amide bonds. The summed E-state index contributed by atoms with van der Waals surface area (Å²) in [6, 6.07) is 0. The van der Waals surface area contributed by atoms with Crippen LogP contribution >= 0.6 is 0 Å². The first kappa shape index (κ1) is 32.5. The van der Waals surface area contributed by atoms with Gasteiger partial charge in [0.25, 0.3) is 0 Å². The first-order valence-corrected chi connectivity index (χ1v) is 14.6. The van der Waals surface area contributed by atoms with Crippen molar-refractivity contribution in [1.82, 2.24) is 4.90 Å². The van der Waals surface area contributed by atoms with Crippen molar-refractivity contribution in [2.75, 3.05) is 27.2 Å². The second kappa shape index (κ2) is 24.6. The van der Waals surface area contributed by atoms with Crippen LogP contribution in [-0.2, 0) is 4.74 Å². The normalized spacial score (nSPS) is 12.6. The Morgan fingerprint density at radius 3 is 1.58 bits per heavy atom. The van der Waals surface area contributed by atoms with Crippen molar-refractivity contribution in [2.24, 2.45) is 5.92 Å². The summed E-state index contributed by atoms with van der Waals surface area (Å²) in [5.74, 6) is 1.79. The predicted molar refractivity (Wildman–Crippen MR) is 147 cm³/mol. The van der Waals surface area contributed by atoms with Gasteiger partial charge in [-0.25, -0.2) is 0 Å². The lowest BCUT2D eigenvalue weighted by Crippen LogP contribution is -2.29. The third kappa shape index (κ3) is 24.4. The molecule has 0 rings (SSSR count). The van der Waals surface area contributed by atoms with Crippen LogP contribution < -0.4 is 0 Å². The highest BCUT2D eigenvalue weighted by Gasteiger charge is 2.09. The highest BCUT2D eigenvalue weighted by molar-refractivity contribution is 4.82. The average Bonchev–Trinajstić information content (AvgIpc) is 2.78. The Bertz CT molecular complexity index is 394. The number of nitrogens with zero attached hydrogens (tertiary/aromatic N) is 1. The fraction of sp³-hybridized carbons (Fsp3) is 0.933. The van der Waals surface area contributed by atoms with Crippen LogP contribution in [0.4, 0.5) is 0 Å². The molecule has 33 heavy (non-hydrogen) atoms. The molecule has 0 radical (unpaired) electrons. The van der Waals surface area contributed by atoms with E-state index in [0.717, 1.165) is 24.5 Å². The Morgan fingerprint density at radius 2 is 1.12 bits per heavy atom. The lowest BCUT2D eigenvalue weighted by atomic mass is 9.89. The molecule has 1 unspecified atom stereocenters. The number of hydrogen-bond donors (Lipinski definition) is 1. The minimum Gasteiger partial charge on any atom is -0.496 e. The van der Waals surface area contributed by atoms with Crippen LogP contribution in [0, 0.1) is 5.92 Å². The summed E-state index contributed by atoms with van der Waals surface area (Å²) in [5.41, 5.74) is 0. The van der Waals surface area contributed by atoms with E-state index in [2.05, 4.69) is 20.4 Å². The number of rotatable bonds is 26. The summed E-state index contributed by atoms with van der Waals surface area (Å²) < 4.78 is 5.64. The molecule has 0 aromatic heterocycles. The molecule has 0 aliphatic rings. The molecule has 0 aliphatic carbocycles. The van der Waals surface area contributed by atoms with E-state index in [1.165, 1.54) is 116 Å². The number of aliphatic hydroxyl groups is 1. The summed E-state index contributed by atoms with van der Waals surface area (Å²) in [6.45, 7) is 9.62. The minimum absolute atomic E-state index is 0.357. The summed E-state index contributed by atoms with van der Waals surface area (Å²) in [4.78, 5) is 1.98. The summed E-state index contributed by atoms with van der Waals surface area (Å²) in [6.07, 6.45) is 27.0. The molecule has 3 heteroatoms. The van der Waals surface area contributed by atoms with E-state index in [1.807, 2.05) is 19.0 Å². The van der Waals surface area contributed by atoms with Crippen molar-refractivity contribution in [3.8, 4) is 0 Å². The average molecular weight is 468 g/mol. The molecule has 0 spiro atoms. The maximum absolute atomic E-state index is 9.89. The molecule has 1 N–H and O–H groups in total. The number of allylic oxidation sites excluding steroid dienone is 1. The zero-order valence-corrected chi connectivity index (χ0v) is 23.2. The van der Waals surface area contributed by atoms with Crippen LogP contribution in [-0.4, -0.2) is 43.4 Å². The van der Waals surface area contributed by atoms with Crippen LogP contribution in [0.15, 0.2) is 12.3 Å². The Hall–Kier alpha value is -0.540. The maximum atomic E-state index is 9.89. The van der Waals surface area contributed by atoms with Crippen LogP contribution in [0.1, 0.15) is 142 Å².